The maximum absolute atomic E-state index is 12.8. The number of alkyl halides is 1. The summed E-state index contributed by atoms with van der Waals surface area (Å²) in [5.41, 5.74) is 0. The summed E-state index contributed by atoms with van der Waals surface area (Å²) in [5.74, 6) is -1.75. The van der Waals surface area contributed by atoms with Gasteiger partial charge in [0.25, 0.3) is 0 Å². The summed E-state index contributed by atoms with van der Waals surface area (Å²) in [4.78, 5) is 21.0. The number of carbonyl (C=O) groups is 2. The van der Waals surface area contributed by atoms with Crippen LogP contribution in [-0.2, 0) is 9.59 Å². The maximum atomic E-state index is 12.8. The van der Waals surface area contributed by atoms with E-state index in [9.17, 15) is 14.0 Å². The molecule has 1 aliphatic carbocycles. The molecule has 1 N–H and O–H groups in total. The normalized spacial score (nSPS) is 22.2. The average molecular weight is 174 g/mol. The zero-order chi connectivity index (χ0) is 9.14. The zero-order valence-electron chi connectivity index (χ0n) is 6.62. The van der Waals surface area contributed by atoms with Crippen LogP contribution in [0.4, 0.5) is 4.39 Å². The van der Waals surface area contributed by atoms with Gasteiger partial charge in [-0.2, -0.15) is 0 Å². The number of carbonyl (C=O) groups excluding carboxylic acids is 1. The van der Waals surface area contributed by atoms with E-state index in [-0.39, 0.29) is 5.78 Å². The summed E-state index contributed by atoms with van der Waals surface area (Å²) < 4.78 is 12.8. The highest BCUT2D eigenvalue weighted by atomic mass is 19.1. The van der Waals surface area contributed by atoms with Crippen molar-refractivity contribution in [2.24, 2.45) is 5.92 Å². The molecule has 1 saturated carbocycles. The van der Waals surface area contributed by atoms with Crippen LogP contribution in [0, 0.1) is 5.92 Å². The fraction of sp³-hybridized carbons (Fsp3) is 0.750. The van der Waals surface area contributed by atoms with E-state index in [2.05, 4.69) is 0 Å². The minimum absolute atomic E-state index is 0.115. The van der Waals surface area contributed by atoms with E-state index in [1.807, 2.05) is 0 Å². The lowest BCUT2D eigenvalue weighted by atomic mass is 9.85. The number of carboxylic acid groups (broad SMARTS) is 1. The van der Waals surface area contributed by atoms with Crippen LogP contribution in [0.1, 0.15) is 25.7 Å². The van der Waals surface area contributed by atoms with Crippen molar-refractivity contribution in [3.63, 3.8) is 0 Å². The van der Waals surface area contributed by atoms with Crippen LogP contribution >= 0.6 is 0 Å². The van der Waals surface area contributed by atoms with Crippen LogP contribution in [0.15, 0.2) is 0 Å². The van der Waals surface area contributed by atoms with Crippen molar-refractivity contribution in [2.75, 3.05) is 0 Å². The van der Waals surface area contributed by atoms with Gasteiger partial charge in [-0.25, -0.2) is 9.18 Å². The van der Waals surface area contributed by atoms with Gasteiger partial charge in [0.15, 0.2) is 6.17 Å². The average Bonchev–Trinajstić information content (AvgIpc) is 2.04. The predicted octanol–water partition coefficient (Wildman–Crippen LogP) is 1.17. The van der Waals surface area contributed by atoms with Crippen molar-refractivity contribution in [2.45, 2.75) is 31.9 Å². The van der Waals surface area contributed by atoms with Crippen molar-refractivity contribution < 1.29 is 19.1 Å². The van der Waals surface area contributed by atoms with Crippen LogP contribution in [-0.4, -0.2) is 23.0 Å². The molecule has 1 aliphatic rings. The molecule has 0 radical (unpaired) electrons. The molecular weight excluding hydrogens is 163 g/mol. The van der Waals surface area contributed by atoms with Gasteiger partial charge in [-0.15, -0.1) is 0 Å². The second kappa shape index (κ2) is 3.65. The topological polar surface area (TPSA) is 54.4 Å². The lowest BCUT2D eigenvalue weighted by Gasteiger charge is -2.21. The molecule has 0 saturated heterocycles. The van der Waals surface area contributed by atoms with Gasteiger partial charge in [0, 0.05) is 18.8 Å². The molecule has 0 amide bonds. The fourth-order valence-electron chi connectivity index (χ4n) is 1.46. The van der Waals surface area contributed by atoms with Gasteiger partial charge in [-0.1, -0.05) is 0 Å². The fourth-order valence-corrected chi connectivity index (χ4v) is 1.46. The molecule has 1 unspecified atom stereocenters. The monoisotopic (exact) mass is 174 g/mol. The predicted molar refractivity (Wildman–Crippen MR) is 39.5 cm³/mol. The number of hydrogen-bond donors (Lipinski definition) is 1. The summed E-state index contributed by atoms with van der Waals surface area (Å²) in [6.45, 7) is 0. The number of aliphatic carboxylic acids is 1. The third-order valence-corrected chi connectivity index (χ3v) is 2.24. The highest BCUT2D eigenvalue weighted by Crippen LogP contribution is 2.26. The molecule has 4 heteroatoms. The SMILES string of the molecule is O=C1CCC(C(F)C(=O)O)CC1. The number of rotatable bonds is 2. The van der Waals surface area contributed by atoms with Gasteiger partial charge >= 0.3 is 5.97 Å². The quantitative estimate of drug-likeness (QED) is 0.683. The Bertz CT molecular complexity index is 192. The molecule has 3 nitrogen and oxygen atoms in total. The molecule has 0 heterocycles. The molecule has 1 rings (SSSR count). The first kappa shape index (κ1) is 9.16. The first-order chi connectivity index (χ1) is 5.61. The molecule has 0 bridgehead atoms. The van der Waals surface area contributed by atoms with Gasteiger partial charge in [0.2, 0.25) is 0 Å². The van der Waals surface area contributed by atoms with E-state index in [4.69, 9.17) is 5.11 Å². The van der Waals surface area contributed by atoms with E-state index in [1.165, 1.54) is 0 Å². The Morgan fingerprint density at radius 2 is 2.00 bits per heavy atom. The molecule has 0 aliphatic heterocycles. The maximum Gasteiger partial charge on any atom is 0.338 e. The van der Waals surface area contributed by atoms with Gasteiger partial charge in [-0.3, -0.25) is 4.79 Å². The minimum atomic E-state index is -1.79. The van der Waals surface area contributed by atoms with Gasteiger partial charge in [0.05, 0.1) is 0 Å². The van der Waals surface area contributed by atoms with E-state index in [1.54, 1.807) is 0 Å². The van der Waals surface area contributed by atoms with Crippen molar-refractivity contribution >= 4 is 11.8 Å². The van der Waals surface area contributed by atoms with E-state index >= 15 is 0 Å². The molecule has 0 aromatic carbocycles. The zero-order valence-corrected chi connectivity index (χ0v) is 6.62. The summed E-state index contributed by atoms with van der Waals surface area (Å²) in [6, 6.07) is 0. The molecule has 0 spiro atoms. The van der Waals surface area contributed by atoms with E-state index in [0.717, 1.165) is 0 Å². The summed E-state index contributed by atoms with van der Waals surface area (Å²) in [6.07, 6.45) is -0.368. The van der Waals surface area contributed by atoms with Gasteiger partial charge in [-0.05, 0) is 12.8 Å². The first-order valence-electron chi connectivity index (χ1n) is 4.00. The smallest absolute Gasteiger partial charge is 0.338 e. The first-order valence-corrected chi connectivity index (χ1v) is 4.00. The summed E-state index contributed by atoms with van der Waals surface area (Å²) in [5, 5.41) is 8.34. The Hall–Kier alpha value is -0.930. The van der Waals surface area contributed by atoms with E-state index < -0.39 is 18.1 Å². The second-order valence-electron chi connectivity index (χ2n) is 3.12. The molecule has 1 atom stereocenters. The lowest BCUT2D eigenvalue weighted by Crippen LogP contribution is -2.28. The molecule has 1 fully saturated rings. The highest BCUT2D eigenvalue weighted by molar-refractivity contribution is 5.79. The summed E-state index contributed by atoms with van der Waals surface area (Å²) in [7, 11) is 0. The number of carboxylic acids is 1. The highest BCUT2D eigenvalue weighted by Gasteiger charge is 2.30. The Morgan fingerprint density at radius 3 is 2.42 bits per heavy atom. The lowest BCUT2D eigenvalue weighted by molar-refractivity contribution is -0.146. The van der Waals surface area contributed by atoms with E-state index in [0.29, 0.717) is 25.7 Å². The minimum Gasteiger partial charge on any atom is -0.479 e. The Labute approximate surface area is 69.6 Å². The number of halogens is 1. The number of ketones is 1. The second-order valence-corrected chi connectivity index (χ2v) is 3.12. The Morgan fingerprint density at radius 1 is 1.50 bits per heavy atom. The van der Waals surface area contributed by atoms with Gasteiger partial charge in [0.1, 0.15) is 5.78 Å². The van der Waals surface area contributed by atoms with Crippen molar-refractivity contribution in [3.8, 4) is 0 Å². The van der Waals surface area contributed by atoms with Crippen molar-refractivity contribution in [3.05, 3.63) is 0 Å². The molecule has 68 valence electrons. The van der Waals surface area contributed by atoms with Crippen LogP contribution in [0.25, 0.3) is 0 Å². The van der Waals surface area contributed by atoms with Gasteiger partial charge < -0.3 is 5.11 Å². The Kier molecular flexibility index (Phi) is 2.78. The van der Waals surface area contributed by atoms with Crippen LogP contribution in [0.5, 0.6) is 0 Å². The number of Topliss-reactive ketones (excluding diaryl/α,β-unsaturated/α-hetero) is 1. The molecule has 0 aromatic rings. The van der Waals surface area contributed by atoms with Crippen molar-refractivity contribution in [1.29, 1.82) is 0 Å². The summed E-state index contributed by atoms with van der Waals surface area (Å²) >= 11 is 0. The molecule has 12 heavy (non-hydrogen) atoms. The Balaban J connectivity index is 2.44. The third kappa shape index (κ3) is 2.03. The van der Waals surface area contributed by atoms with Crippen LogP contribution < -0.4 is 0 Å². The van der Waals surface area contributed by atoms with Crippen LogP contribution in [0.3, 0.4) is 0 Å². The molecule has 0 aromatic heterocycles. The standard InChI is InChI=1S/C8H11FO3/c9-7(8(11)12)5-1-3-6(10)4-2-5/h5,7H,1-4H2,(H,11,12). The number of hydrogen-bond acceptors (Lipinski definition) is 2. The van der Waals surface area contributed by atoms with Crippen molar-refractivity contribution in [1.82, 2.24) is 0 Å². The molecular formula is C8H11FO3. The third-order valence-electron chi connectivity index (χ3n) is 2.24. The largest absolute Gasteiger partial charge is 0.479 e. The van der Waals surface area contributed by atoms with Crippen LogP contribution in [0.2, 0.25) is 0 Å².